The van der Waals surface area contributed by atoms with Crippen molar-refractivity contribution in [2.45, 2.75) is 37.3 Å². The minimum absolute atomic E-state index is 0.0977. The highest BCUT2D eigenvalue weighted by atomic mass is 79.9. The molecule has 2 heterocycles. The summed E-state index contributed by atoms with van der Waals surface area (Å²) in [5, 5.41) is 17.6. The minimum Gasteiger partial charge on any atom is -0.390 e. The van der Waals surface area contributed by atoms with Gasteiger partial charge in [-0.2, -0.15) is 5.10 Å². The van der Waals surface area contributed by atoms with Gasteiger partial charge in [0.05, 0.1) is 17.3 Å². The van der Waals surface area contributed by atoms with Crippen molar-refractivity contribution in [3.63, 3.8) is 0 Å². The lowest BCUT2D eigenvalue weighted by molar-refractivity contribution is -0.0268. The molecule has 7 heteroatoms. The average molecular weight is 460 g/mol. The Kier molecular flexibility index (Phi) is 5.69. The minimum atomic E-state index is -0.828. The van der Waals surface area contributed by atoms with E-state index in [1.165, 1.54) is 24.3 Å². The van der Waals surface area contributed by atoms with Crippen molar-refractivity contribution < 1.29 is 14.3 Å². The van der Waals surface area contributed by atoms with Crippen LogP contribution >= 0.6 is 15.9 Å². The first kappa shape index (κ1) is 20.0. The van der Waals surface area contributed by atoms with Gasteiger partial charge in [0.15, 0.2) is 0 Å². The summed E-state index contributed by atoms with van der Waals surface area (Å²) in [6, 6.07) is 13.7. The number of piperidine rings is 1. The van der Waals surface area contributed by atoms with Crippen LogP contribution in [0.5, 0.6) is 0 Å². The zero-order chi connectivity index (χ0) is 20.4. The summed E-state index contributed by atoms with van der Waals surface area (Å²) in [6.07, 6.45) is 4.32. The average Bonchev–Trinajstić information content (AvgIpc) is 3.17. The van der Waals surface area contributed by atoms with Gasteiger partial charge in [0.1, 0.15) is 5.82 Å². The number of anilines is 1. The predicted octanol–water partition coefficient (Wildman–Crippen LogP) is 4.21. The Morgan fingerprint density at radius 3 is 2.45 bits per heavy atom. The summed E-state index contributed by atoms with van der Waals surface area (Å²) in [4.78, 5) is 14.4. The molecule has 1 fully saturated rings. The third kappa shape index (κ3) is 4.51. The maximum Gasteiger partial charge on any atom is 0.253 e. The molecule has 2 aromatic carbocycles. The molecule has 1 atom stereocenters. The van der Waals surface area contributed by atoms with Gasteiger partial charge in [0, 0.05) is 35.8 Å². The summed E-state index contributed by atoms with van der Waals surface area (Å²) in [7, 11) is 0. The number of halogens is 2. The molecule has 152 valence electrons. The monoisotopic (exact) mass is 459 g/mol. The number of hydrazone groups is 1. The fraction of sp³-hybridized carbons (Fsp3) is 0.364. The van der Waals surface area contributed by atoms with Crippen LogP contribution in [0.25, 0.3) is 0 Å². The lowest BCUT2D eigenvalue weighted by Crippen LogP contribution is -2.49. The van der Waals surface area contributed by atoms with Gasteiger partial charge in [0.2, 0.25) is 0 Å². The standard InChI is InChI=1S/C22H23BrFN3O2/c23-17-3-7-19(8-4-17)27-20(9-12-25-27)15-22(29)10-13-26(14-11-22)21(28)16-1-5-18(24)6-2-16/h1-8,12,20,29H,9-11,13-15H2. The predicted molar refractivity (Wildman–Crippen MR) is 115 cm³/mol. The van der Waals surface area contributed by atoms with Gasteiger partial charge in [-0.05, 0) is 67.8 Å². The lowest BCUT2D eigenvalue weighted by atomic mass is 9.84. The highest BCUT2D eigenvalue weighted by Gasteiger charge is 2.38. The first-order valence-electron chi connectivity index (χ1n) is 9.78. The van der Waals surface area contributed by atoms with E-state index in [9.17, 15) is 14.3 Å². The Hall–Kier alpha value is -2.25. The molecule has 0 spiro atoms. The van der Waals surface area contributed by atoms with E-state index in [1.807, 2.05) is 35.5 Å². The topological polar surface area (TPSA) is 56.1 Å². The molecule has 1 N–H and O–H groups in total. The summed E-state index contributed by atoms with van der Waals surface area (Å²) in [5.74, 6) is -0.476. The fourth-order valence-electron chi connectivity index (χ4n) is 4.04. The van der Waals surface area contributed by atoms with Crippen LogP contribution in [0.15, 0.2) is 58.1 Å². The van der Waals surface area contributed by atoms with E-state index in [4.69, 9.17) is 0 Å². The number of hydrogen-bond donors (Lipinski definition) is 1. The largest absolute Gasteiger partial charge is 0.390 e. The van der Waals surface area contributed by atoms with E-state index in [0.29, 0.717) is 37.9 Å². The number of carbonyl (C=O) groups excluding carboxylic acids is 1. The van der Waals surface area contributed by atoms with Gasteiger partial charge in [-0.3, -0.25) is 9.80 Å². The zero-order valence-electron chi connectivity index (χ0n) is 16.0. The smallest absolute Gasteiger partial charge is 0.253 e. The Morgan fingerprint density at radius 1 is 1.14 bits per heavy atom. The van der Waals surface area contributed by atoms with Gasteiger partial charge in [-0.25, -0.2) is 4.39 Å². The summed E-state index contributed by atoms with van der Waals surface area (Å²) >= 11 is 3.45. The molecule has 1 saturated heterocycles. The Labute approximate surface area is 178 Å². The first-order valence-corrected chi connectivity index (χ1v) is 10.6. The van der Waals surface area contributed by atoms with Crippen molar-refractivity contribution in [1.29, 1.82) is 0 Å². The van der Waals surface area contributed by atoms with Crippen molar-refractivity contribution >= 4 is 33.7 Å². The molecule has 0 radical (unpaired) electrons. The summed E-state index contributed by atoms with van der Waals surface area (Å²) < 4.78 is 14.1. The van der Waals surface area contributed by atoms with E-state index < -0.39 is 5.60 Å². The molecule has 0 aliphatic carbocycles. The number of carbonyl (C=O) groups is 1. The fourth-order valence-corrected chi connectivity index (χ4v) is 4.30. The molecule has 2 aliphatic heterocycles. The summed E-state index contributed by atoms with van der Waals surface area (Å²) in [6.45, 7) is 0.969. The maximum atomic E-state index is 13.1. The van der Waals surface area contributed by atoms with E-state index in [2.05, 4.69) is 21.0 Å². The quantitative estimate of drug-likeness (QED) is 0.744. The Balaban J connectivity index is 1.37. The van der Waals surface area contributed by atoms with Gasteiger partial charge >= 0.3 is 0 Å². The molecule has 1 unspecified atom stereocenters. The van der Waals surface area contributed by atoms with Crippen LogP contribution in [-0.4, -0.2) is 46.9 Å². The van der Waals surface area contributed by atoms with Crippen molar-refractivity contribution in [1.82, 2.24) is 4.90 Å². The number of amides is 1. The maximum absolute atomic E-state index is 13.1. The Bertz CT molecular complexity index is 893. The molecule has 0 bridgehead atoms. The van der Waals surface area contributed by atoms with Gasteiger partial charge in [0.25, 0.3) is 5.91 Å². The molecule has 4 rings (SSSR count). The van der Waals surface area contributed by atoms with Crippen LogP contribution in [0.2, 0.25) is 0 Å². The Morgan fingerprint density at radius 2 is 1.79 bits per heavy atom. The molecule has 2 aromatic rings. The number of nitrogens with zero attached hydrogens (tertiary/aromatic N) is 3. The third-order valence-corrected chi connectivity index (χ3v) is 6.24. The van der Waals surface area contributed by atoms with Crippen molar-refractivity contribution in [2.24, 2.45) is 5.10 Å². The molecule has 0 aromatic heterocycles. The number of hydrogen-bond acceptors (Lipinski definition) is 4. The second-order valence-electron chi connectivity index (χ2n) is 7.74. The van der Waals surface area contributed by atoms with Crippen LogP contribution in [0.4, 0.5) is 10.1 Å². The normalized spacial score (nSPS) is 20.9. The number of benzene rings is 2. The molecule has 5 nitrogen and oxygen atoms in total. The second kappa shape index (κ2) is 8.24. The molecule has 2 aliphatic rings. The van der Waals surface area contributed by atoms with E-state index in [-0.39, 0.29) is 17.8 Å². The van der Waals surface area contributed by atoms with Gasteiger partial charge in [-0.1, -0.05) is 15.9 Å². The molecule has 1 amide bonds. The number of aliphatic hydroxyl groups is 1. The molecular formula is C22H23BrFN3O2. The van der Waals surface area contributed by atoms with Crippen LogP contribution in [0, 0.1) is 5.82 Å². The number of rotatable bonds is 4. The van der Waals surface area contributed by atoms with Gasteiger partial charge in [-0.15, -0.1) is 0 Å². The highest BCUT2D eigenvalue weighted by molar-refractivity contribution is 9.10. The second-order valence-corrected chi connectivity index (χ2v) is 8.65. The zero-order valence-corrected chi connectivity index (χ0v) is 17.6. The molecule has 0 saturated carbocycles. The van der Waals surface area contributed by atoms with Crippen molar-refractivity contribution in [2.75, 3.05) is 18.1 Å². The van der Waals surface area contributed by atoms with Crippen LogP contribution in [0.3, 0.4) is 0 Å². The van der Waals surface area contributed by atoms with Crippen LogP contribution < -0.4 is 5.01 Å². The van der Waals surface area contributed by atoms with E-state index in [1.54, 1.807) is 4.90 Å². The third-order valence-electron chi connectivity index (χ3n) is 5.71. The van der Waals surface area contributed by atoms with Crippen LogP contribution in [-0.2, 0) is 0 Å². The van der Waals surface area contributed by atoms with Crippen molar-refractivity contribution in [3.05, 3.63) is 64.4 Å². The van der Waals surface area contributed by atoms with E-state index in [0.717, 1.165) is 16.6 Å². The van der Waals surface area contributed by atoms with Crippen molar-refractivity contribution in [3.8, 4) is 0 Å². The molecular weight excluding hydrogens is 437 g/mol. The lowest BCUT2D eigenvalue weighted by Gasteiger charge is -2.40. The first-order chi connectivity index (χ1) is 13.9. The SMILES string of the molecule is O=C(c1ccc(F)cc1)N1CCC(O)(CC2CC=NN2c2ccc(Br)cc2)CC1. The highest BCUT2D eigenvalue weighted by Crippen LogP contribution is 2.33. The summed E-state index contributed by atoms with van der Waals surface area (Å²) in [5.41, 5.74) is 0.646. The van der Waals surface area contributed by atoms with E-state index >= 15 is 0 Å². The molecule has 29 heavy (non-hydrogen) atoms. The number of likely N-dealkylation sites (tertiary alicyclic amines) is 1. The van der Waals surface area contributed by atoms with Crippen LogP contribution in [0.1, 0.15) is 36.0 Å². The van der Waals surface area contributed by atoms with Gasteiger partial charge < -0.3 is 10.0 Å².